The lowest BCUT2D eigenvalue weighted by molar-refractivity contribution is 0.562. The van der Waals surface area contributed by atoms with Crippen LogP contribution in [0.3, 0.4) is 0 Å². The molecule has 0 saturated carbocycles. The minimum absolute atomic E-state index is 0.750. The molecule has 5 nitrogen and oxygen atoms in total. The van der Waals surface area contributed by atoms with Crippen LogP contribution in [0.4, 0.5) is 5.69 Å². The smallest absolute Gasteiger partial charge is 0.231 e. The number of nitrogens with zero attached hydrogens (tertiary/aromatic N) is 1. The molecule has 0 saturated heterocycles. The summed E-state index contributed by atoms with van der Waals surface area (Å²) in [5, 5.41) is 10.8. The van der Waals surface area contributed by atoms with Crippen LogP contribution in [0.25, 0.3) is 0 Å². The maximum atomic E-state index is 8.35. The molecule has 0 bridgehead atoms. The number of nitrogens with one attached hydrogen (secondary N) is 2. The molecule has 5 heteroatoms. The Morgan fingerprint density at radius 1 is 1.00 bits per heavy atom. The molecule has 0 aliphatic heterocycles. The second kappa shape index (κ2) is 11.8. The normalized spacial score (nSPS) is 6.53. The van der Waals surface area contributed by atoms with Crippen LogP contribution in [0.2, 0.25) is 0 Å². The van der Waals surface area contributed by atoms with Gasteiger partial charge in [0.2, 0.25) is 12.2 Å². The number of isocyanates is 2. The predicted octanol–water partition coefficient (Wildman–Crippen LogP) is 1.55. The van der Waals surface area contributed by atoms with Crippen molar-refractivity contribution in [3.8, 4) is 0 Å². The van der Waals surface area contributed by atoms with Gasteiger partial charge in [-0.05, 0) is 12.1 Å². The van der Waals surface area contributed by atoms with Gasteiger partial charge in [0, 0.05) is 19.8 Å². The molecule has 0 aliphatic carbocycles. The zero-order valence-corrected chi connectivity index (χ0v) is 8.65. The zero-order valence-electron chi connectivity index (χ0n) is 8.65. The van der Waals surface area contributed by atoms with E-state index in [1.165, 1.54) is 5.69 Å². The fourth-order valence-electron chi connectivity index (χ4n) is 0.726. The summed E-state index contributed by atoms with van der Waals surface area (Å²) in [5.41, 5.74) is 1.25. The highest BCUT2D eigenvalue weighted by Gasteiger charge is 1.87. The molecule has 0 radical (unpaired) electrons. The van der Waals surface area contributed by atoms with Crippen LogP contribution < -0.4 is 4.90 Å². The number of benzene rings is 1. The molecule has 0 fully saturated rings. The fourth-order valence-corrected chi connectivity index (χ4v) is 0.726. The average molecular weight is 207 g/mol. The van der Waals surface area contributed by atoms with Crippen molar-refractivity contribution >= 4 is 17.8 Å². The third-order valence-corrected chi connectivity index (χ3v) is 1.27. The molecule has 0 spiro atoms. The van der Waals surface area contributed by atoms with E-state index in [-0.39, 0.29) is 0 Å². The summed E-state index contributed by atoms with van der Waals surface area (Å²) in [4.78, 5) is 18.8. The first-order chi connectivity index (χ1) is 7.13. The number of hydrogen-bond donors (Lipinski definition) is 2. The van der Waals surface area contributed by atoms with Crippen LogP contribution in [-0.4, -0.2) is 26.3 Å². The van der Waals surface area contributed by atoms with Gasteiger partial charge >= 0.3 is 0 Å². The Balaban J connectivity index is 0. The van der Waals surface area contributed by atoms with Gasteiger partial charge in [-0.15, -0.1) is 0 Å². The Bertz CT molecular complexity index is 299. The van der Waals surface area contributed by atoms with E-state index < -0.39 is 0 Å². The van der Waals surface area contributed by atoms with Gasteiger partial charge in [-0.25, -0.2) is 20.4 Å². The highest BCUT2D eigenvalue weighted by atomic mass is 16.1. The first-order valence-corrected chi connectivity index (χ1v) is 3.94. The van der Waals surface area contributed by atoms with Gasteiger partial charge in [-0.3, -0.25) is 0 Å². The van der Waals surface area contributed by atoms with Crippen LogP contribution in [0.15, 0.2) is 30.3 Å². The van der Waals surface area contributed by atoms with Gasteiger partial charge in [-0.2, -0.15) is 0 Å². The number of para-hydroxylation sites is 1. The number of rotatable bonds is 1. The lowest BCUT2D eigenvalue weighted by Gasteiger charge is -2.10. The van der Waals surface area contributed by atoms with E-state index in [1.54, 1.807) is 0 Å². The molecule has 1 aromatic rings. The number of anilines is 1. The van der Waals surface area contributed by atoms with E-state index in [0.717, 1.165) is 12.2 Å². The van der Waals surface area contributed by atoms with Crippen LogP contribution in [0, 0.1) is 10.8 Å². The van der Waals surface area contributed by atoms with Crippen LogP contribution in [0.1, 0.15) is 0 Å². The average Bonchev–Trinajstić information content (AvgIpc) is 2.21. The highest BCUT2D eigenvalue weighted by Crippen LogP contribution is 2.07. The van der Waals surface area contributed by atoms with Crippen molar-refractivity contribution in [2.24, 2.45) is 0 Å². The Morgan fingerprint density at radius 2 is 1.33 bits per heavy atom. The standard InChI is InChI=1S/C8H11N.2CHNO/c1-9(2)8-6-4-3-5-7-8;2*2-1-3/h3-7H,1-2H3;2*2H. The monoisotopic (exact) mass is 207 g/mol. The third kappa shape index (κ3) is 11.8. The SMILES string of the molecule is CN(C)c1ccccc1.N=C=O.N=C=O. The summed E-state index contributed by atoms with van der Waals surface area (Å²) in [7, 11) is 4.07. The maximum Gasteiger partial charge on any atom is 0.231 e. The maximum absolute atomic E-state index is 8.35. The van der Waals surface area contributed by atoms with E-state index >= 15 is 0 Å². The second-order valence-corrected chi connectivity index (χ2v) is 2.43. The van der Waals surface area contributed by atoms with Gasteiger partial charge in [0.1, 0.15) is 0 Å². The molecule has 1 aromatic carbocycles. The van der Waals surface area contributed by atoms with Crippen molar-refractivity contribution in [3.63, 3.8) is 0 Å². The molecular weight excluding hydrogens is 194 g/mol. The number of hydrogen-bond acceptors (Lipinski definition) is 5. The first kappa shape index (κ1) is 15.3. The zero-order chi connectivity index (χ0) is 12.1. The summed E-state index contributed by atoms with van der Waals surface area (Å²) in [6.45, 7) is 0. The van der Waals surface area contributed by atoms with Crippen LogP contribution >= 0.6 is 0 Å². The molecular formula is C10H13N3O2. The van der Waals surface area contributed by atoms with E-state index in [1.807, 2.05) is 32.3 Å². The van der Waals surface area contributed by atoms with E-state index in [2.05, 4.69) is 17.0 Å². The summed E-state index contributed by atoms with van der Waals surface area (Å²) in [6.07, 6.45) is 1.50. The Morgan fingerprint density at radius 3 is 1.53 bits per heavy atom. The molecule has 15 heavy (non-hydrogen) atoms. The van der Waals surface area contributed by atoms with Crippen LogP contribution in [0.5, 0.6) is 0 Å². The molecule has 0 heterocycles. The molecule has 80 valence electrons. The van der Waals surface area contributed by atoms with Gasteiger partial charge < -0.3 is 4.90 Å². The van der Waals surface area contributed by atoms with E-state index in [4.69, 9.17) is 20.4 Å². The van der Waals surface area contributed by atoms with Crippen molar-refractivity contribution in [2.45, 2.75) is 0 Å². The van der Waals surface area contributed by atoms with E-state index in [0.29, 0.717) is 0 Å². The molecule has 0 aliphatic rings. The lowest BCUT2D eigenvalue weighted by atomic mass is 10.3. The minimum atomic E-state index is 0.750. The van der Waals surface area contributed by atoms with E-state index in [9.17, 15) is 0 Å². The van der Waals surface area contributed by atoms with Gasteiger partial charge in [0.05, 0.1) is 0 Å². The highest BCUT2D eigenvalue weighted by molar-refractivity contribution is 5.43. The molecule has 2 N–H and O–H groups in total. The Labute approximate surface area is 88.4 Å². The van der Waals surface area contributed by atoms with Crippen molar-refractivity contribution in [1.82, 2.24) is 0 Å². The van der Waals surface area contributed by atoms with Gasteiger partial charge in [0.15, 0.2) is 0 Å². The minimum Gasteiger partial charge on any atom is -0.378 e. The first-order valence-electron chi connectivity index (χ1n) is 3.94. The number of carbonyl (C=O) groups excluding carboxylic acids is 2. The Kier molecular flexibility index (Phi) is 12.0. The molecule has 1 rings (SSSR count). The van der Waals surface area contributed by atoms with Crippen molar-refractivity contribution in [3.05, 3.63) is 30.3 Å². The molecule has 0 aromatic heterocycles. The summed E-state index contributed by atoms with van der Waals surface area (Å²) < 4.78 is 0. The van der Waals surface area contributed by atoms with Crippen molar-refractivity contribution < 1.29 is 9.59 Å². The van der Waals surface area contributed by atoms with Crippen molar-refractivity contribution in [2.75, 3.05) is 19.0 Å². The van der Waals surface area contributed by atoms with Gasteiger partial charge in [0.25, 0.3) is 0 Å². The molecule has 0 unspecified atom stereocenters. The summed E-state index contributed by atoms with van der Waals surface area (Å²) in [6, 6.07) is 10.3. The van der Waals surface area contributed by atoms with Crippen LogP contribution in [-0.2, 0) is 9.59 Å². The Hall–Kier alpha value is -2.22. The lowest BCUT2D eigenvalue weighted by Crippen LogP contribution is -2.07. The van der Waals surface area contributed by atoms with Gasteiger partial charge in [-0.1, -0.05) is 18.2 Å². The second-order valence-electron chi connectivity index (χ2n) is 2.43. The van der Waals surface area contributed by atoms with Crippen molar-refractivity contribution in [1.29, 1.82) is 10.8 Å². The third-order valence-electron chi connectivity index (χ3n) is 1.27. The molecule has 0 amide bonds. The topological polar surface area (TPSA) is 85.1 Å². The summed E-state index contributed by atoms with van der Waals surface area (Å²) in [5.74, 6) is 0. The largest absolute Gasteiger partial charge is 0.378 e. The summed E-state index contributed by atoms with van der Waals surface area (Å²) >= 11 is 0. The quantitative estimate of drug-likeness (QED) is 0.541. The predicted molar refractivity (Wildman–Crippen MR) is 57.6 cm³/mol. The molecule has 0 atom stereocenters. The fraction of sp³-hybridized carbons (Fsp3) is 0.200.